The number of nitrogens with one attached hydrogen (secondary N) is 1. The number of likely N-dealkylation sites (tertiary alicyclic amines) is 1. The number of carbonyl (C=O) groups is 1. The van der Waals surface area contributed by atoms with Gasteiger partial charge in [-0.1, -0.05) is 25.0 Å². The number of rotatable bonds is 3. The summed E-state index contributed by atoms with van der Waals surface area (Å²) in [6.45, 7) is 2.97. The van der Waals surface area contributed by atoms with Gasteiger partial charge < -0.3 is 15.0 Å². The Morgan fingerprint density at radius 1 is 1.21 bits per heavy atom. The Kier molecular flexibility index (Phi) is 5.38. The average Bonchev–Trinajstić information content (AvgIpc) is 3.06. The van der Waals surface area contributed by atoms with E-state index in [1.54, 1.807) is 12.1 Å². The van der Waals surface area contributed by atoms with Crippen LogP contribution in [0.15, 0.2) is 29.3 Å². The van der Waals surface area contributed by atoms with E-state index in [0.717, 1.165) is 36.4 Å². The lowest BCUT2D eigenvalue weighted by Gasteiger charge is -2.22. The minimum Gasteiger partial charge on any atom is -0.465 e. The van der Waals surface area contributed by atoms with Crippen LogP contribution in [0.25, 0.3) is 0 Å². The van der Waals surface area contributed by atoms with Gasteiger partial charge in [0, 0.05) is 26.7 Å². The number of hydrogen-bond acceptors (Lipinski definition) is 3. The third-order valence-electron chi connectivity index (χ3n) is 5.31. The maximum atomic E-state index is 11.5. The highest BCUT2D eigenvalue weighted by Gasteiger charge is 2.35. The van der Waals surface area contributed by atoms with Gasteiger partial charge in [0.15, 0.2) is 5.96 Å². The van der Waals surface area contributed by atoms with E-state index in [0.29, 0.717) is 12.1 Å². The fourth-order valence-corrected chi connectivity index (χ4v) is 3.97. The topological polar surface area (TPSA) is 53.9 Å². The standard InChI is InChI=1S/C19H27N3O2/c1-20-19(22-12-16-5-3-4-6-17(16)13-22)21-11-14-7-9-15(10-8-14)18(23)24-2/h7-10,16-17H,3-6,11-13H2,1-2H3,(H,20,21). The second kappa shape index (κ2) is 7.69. The summed E-state index contributed by atoms with van der Waals surface area (Å²) in [4.78, 5) is 18.3. The van der Waals surface area contributed by atoms with Crippen molar-refractivity contribution in [3.63, 3.8) is 0 Å². The van der Waals surface area contributed by atoms with E-state index in [2.05, 4.69) is 15.2 Å². The average molecular weight is 329 g/mol. The van der Waals surface area contributed by atoms with Crippen molar-refractivity contribution in [2.45, 2.75) is 32.2 Å². The van der Waals surface area contributed by atoms with Crippen LogP contribution in [0.5, 0.6) is 0 Å². The van der Waals surface area contributed by atoms with E-state index in [1.165, 1.54) is 32.8 Å². The van der Waals surface area contributed by atoms with Gasteiger partial charge in [-0.25, -0.2) is 4.79 Å². The number of benzene rings is 1. The third-order valence-corrected chi connectivity index (χ3v) is 5.31. The summed E-state index contributed by atoms with van der Waals surface area (Å²) in [6.07, 6.45) is 5.50. The first-order valence-corrected chi connectivity index (χ1v) is 8.84. The lowest BCUT2D eigenvalue weighted by atomic mass is 9.82. The number of hydrogen-bond donors (Lipinski definition) is 1. The third kappa shape index (κ3) is 3.71. The van der Waals surface area contributed by atoms with Crippen molar-refractivity contribution in [2.75, 3.05) is 27.2 Å². The molecule has 0 bridgehead atoms. The summed E-state index contributed by atoms with van der Waals surface area (Å²) in [5.74, 6) is 2.37. The molecule has 2 unspecified atom stereocenters. The Labute approximate surface area is 144 Å². The Bertz CT molecular complexity index is 583. The predicted molar refractivity (Wildman–Crippen MR) is 95.0 cm³/mol. The number of methoxy groups -OCH3 is 1. The Morgan fingerprint density at radius 3 is 2.38 bits per heavy atom. The van der Waals surface area contributed by atoms with E-state index in [4.69, 9.17) is 4.74 Å². The molecule has 130 valence electrons. The smallest absolute Gasteiger partial charge is 0.337 e. The molecule has 0 spiro atoms. The number of esters is 1. The van der Waals surface area contributed by atoms with Gasteiger partial charge in [-0.3, -0.25) is 4.99 Å². The van der Waals surface area contributed by atoms with Gasteiger partial charge in [0.05, 0.1) is 12.7 Å². The first-order chi connectivity index (χ1) is 11.7. The highest BCUT2D eigenvalue weighted by atomic mass is 16.5. The number of carbonyl (C=O) groups excluding carboxylic acids is 1. The Balaban J connectivity index is 1.55. The fourth-order valence-electron chi connectivity index (χ4n) is 3.97. The summed E-state index contributed by atoms with van der Waals surface area (Å²) in [7, 11) is 3.25. The molecular formula is C19H27N3O2. The van der Waals surface area contributed by atoms with Gasteiger partial charge in [-0.2, -0.15) is 0 Å². The summed E-state index contributed by atoms with van der Waals surface area (Å²) in [6, 6.07) is 7.51. The number of fused-ring (bicyclic) bond motifs is 1. The van der Waals surface area contributed by atoms with Gasteiger partial charge in [-0.15, -0.1) is 0 Å². The number of guanidine groups is 1. The molecule has 1 aliphatic heterocycles. The van der Waals surface area contributed by atoms with Crippen LogP contribution in [-0.4, -0.2) is 44.1 Å². The van der Waals surface area contributed by atoms with Crippen LogP contribution in [0, 0.1) is 11.8 Å². The molecule has 3 rings (SSSR count). The van der Waals surface area contributed by atoms with E-state index < -0.39 is 0 Å². The summed E-state index contributed by atoms with van der Waals surface area (Å²) < 4.78 is 4.73. The van der Waals surface area contributed by atoms with Crippen molar-refractivity contribution in [3.05, 3.63) is 35.4 Å². The summed E-state index contributed by atoms with van der Waals surface area (Å²) >= 11 is 0. The van der Waals surface area contributed by atoms with Crippen LogP contribution in [0.2, 0.25) is 0 Å². The van der Waals surface area contributed by atoms with Crippen LogP contribution in [0.3, 0.4) is 0 Å². The summed E-state index contributed by atoms with van der Waals surface area (Å²) in [5, 5.41) is 3.46. The molecule has 5 nitrogen and oxygen atoms in total. The van der Waals surface area contributed by atoms with Gasteiger partial charge in [0.1, 0.15) is 0 Å². The minimum atomic E-state index is -0.301. The largest absolute Gasteiger partial charge is 0.465 e. The molecule has 0 aromatic heterocycles. The molecule has 5 heteroatoms. The molecule has 1 saturated carbocycles. The van der Waals surface area contributed by atoms with Crippen molar-refractivity contribution >= 4 is 11.9 Å². The first-order valence-electron chi connectivity index (χ1n) is 8.84. The van der Waals surface area contributed by atoms with Crippen LogP contribution >= 0.6 is 0 Å². The first kappa shape index (κ1) is 16.8. The van der Waals surface area contributed by atoms with Crippen molar-refractivity contribution in [3.8, 4) is 0 Å². The molecule has 0 radical (unpaired) electrons. The molecule has 2 fully saturated rings. The van der Waals surface area contributed by atoms with Gasteiger partial charge >= 0.3 is 5.97 Å². The van der Waals surface area contributed by atoms with Crippen LogP contribution in [-0.2, 0) is 11.3 Å². The highest BCUT2D eigenvalue weighted by molar-refractivity contribution is 5.89. The summed E-state index contributed by atoms with van der Waals surface area (Å²) in [5.41, 5.74) is 1.70. The zero-order valence-electron chi connectivity index (χ0n) is 14.6. The predicted octanol–water partition coefficient (Wildman–Crippen LogP) is 2.67. The molecule has 0 amide bonds. The highest BCUT2D eigenvalue weighted by Crippen LogP contribution is 2.35. The molecule has 2 atom stereocenters. The van der Waals surface area contributed by atoms with Crippen molar-refractivity contribution < 1.29 is 9.53 Å². The lowest BCUT2D eigenvalue weighted by molar-refractivity contribution is 0.0600. The SMILES string of the molecule is CN=C(NCc1ccc(C(=O)OC)cc1)N1CC2CCCCC2C1. The second-order valence-electron chi connectivity index (χ2n) is 6.80. The monoisotopic (exact) mass is 329 g/mol. The molecule has 1 aromatic carbocycles. The number of nitrogens with zero attached hydrogens (tertiary/aromatic N) is 2. The zero-order valence-corrected chi connectivity index (χ0v) is 14.6. The maximum absolute atomic E-state index is 11.5. The number of ether oxygens (including phenoxy) is 1. The molecule has 1 heterocycles. The fraction of sp³-hybridized carbons (Fsp3) is 0.579. The maximum Gasteiger partial charge on any atom is 0.337 e. The van der Waals surface area contributed by atoms with Crippen LogP contribution < -0.4 is 5.32 Å². The zero-order chi connectivity index (χ0) is 16.9. The molecule has 1 aliphatic carbocycles. The quantitative estimate of drug-likeness (QED) is 0.526. The van der Waals surface area contributed by atoms with Crippen molar-refractivity contribution in [1.82, 2.24) is 10.2 Å². The van der Waals surface area contributed by atoms with Gasteiger partial charge in [0.2, 0.25) is 0 Å². The van der Waals surface area contributed by atoms with E-state index in [9.17, 15) is 4.79 Å². The Morgan fingerprint density at radius 2 is 1.83 bits per heavy atom. The molecule has 24 heavy (non-hydrogen) atoms. The molecule has 1 aromatic rings. The molecule has 2 aliphatic rings. The normalized spacial score (nSPS) is 23.8. The molecule has 1 saturated heterocycles. The molecule has 1 N–H and O–H groups in total. The molecular weight excluding hydrogens is 302 g/mol. The minimum absolute atomic E-state index is 0.301. The van der Waals surface area contributed by atoms with E-state index >= 15 is 0 Å². The van der Waals surface area contributed by atoms with Crippen molar-refractivity contribution in [2.24, 2.45) is 16.8 Å². The van der Waals surface area contributed by atoms with E-state index in [-0.39, 0.29) is 5.97 Å². The Hall–Kier alpha value is -2.04. The van der Waals surface area contributed by atoms with Crippen LogP contribution in [0.4, 0.5) is 0 Å². The van der Waals surface area contributed by atoms with Gasteiger partial charge in [0.25, 0.3) is 0 Å². The second-order valence-corrected chi connectivity index (χ2v) is 6.80. The lowest BCUT2D eigenvalue weighted by Crippen LogP contribution is -2.39. The van der Waals surface area contributed by atoms with Gasteiger partial charge in [-0.05, 0) is 42.4 Å². The van der Waals surface area contributed by atoms with Crippen molar-refractivity contribution in [1.29, 1.82) is 0 Å². The van der Waals surface area contributed by atoms with E-state index in [1.807, 2.05) is 19.2 Å². The van der Waals surface area contributed by atoms with Crippen LogP contribution in [0.1, 0.15) is 41.6 Å². The number of aliphatic imine (C=N–C) groups is 1.